The van der Waals surface area contributed by atoms with Crippen molar-refractivity contribution in [2.75, 3.05) is 12.0 Å². The van der Waals surface area contributed by atoms with Crippen molar-refractivity contribution in [3.8, 4) is 11.8 Å². The second-order valence-electron chi connectivity index (χ2n) is 4.64. The lowest BCUT2D eigenvalue weighted by Crippen LogP contribution is -1.97. The van der Waals surface area contributed by atoms with Crippen LogP contribution in [0.15, 0.2) is 40.2 Å². The van der Waals surface area contributed by atoms with E-state index in [9.17, 15) is 0 Å². The number of hydrazone groups is 1. The van der Waals surface area contributed by atoms with Crippen molar-refractivity contribution in [3.63, 3.8) is 0 Å². The lowest BCUT2D eigenvalue weighted by molar-refractivity contribution is 0.306. The van der Waals surface area contributed by atoms with Crippen molar-refractivity contribution >= 4 is 12.1 Å². The maximum atomic E-state index is 8.78. The number of hydrogen-bond donors (Lipinski definition) is 1. The van der Waals surface area contributed by atoms with Crippen molar-refractivity contribution < 1.29 is 9.15 Å². The average molecular weight is 298 g/mol. The van der Waals surface area contributed by atoms with Crippen LogP contribution in [-0.4, -0.2) is 17.8 Å². The summed E-state index contributed by atoms with van der Waals surface area (Å²) in [7, 11) is 0. The van der Waals surface area contributed by atoms with E-state index in [4.69, 9.17) is 14.4 Å². The molecule has 0 spiro atoms. The zero-order valence-corrected chi connectivity index (χ0v) is 12.5. The molecule has 2 rings (SSSR count). The summed E-state index contributed by atoms with van der Waals surface area (Å²) in [6, 6.07) is 9.53. The monoisotopic (exact) mass is 298 g/mol. The van der Waals surface area contributed by atoms with Crippen molar-refractivity contribution in [1.82, 2.24) is 4.98 Å². The first kappa shape index (κ1) is 15.6. The summed E-state index contributed by atoms with van der Waals surface area (Å²) in [6.07, 6.45) is 6.26. The molecule has 22 heavy (non-hydrogen) atoms. The number of oxazole rings is 1. The molecular weight excluding hydrogens is 280 g/mol. The highest BCUT2D eigenvalue weighted by Crippen LogP contribution is 2.13. The minimum Gasteiger partial charge on any atom is -0.494 e. The van der Waals surface area contributed by atoms with E-state index in [1.165, 1.54) is 19.2 Å². The number of benzene rings is 1. The summed E-state index contributed by atoms with van der Waals surface area (Å²) >= 11 is 0. The predicted molar refractivity (Wildman–Crippen MR) is 83.9 cm³/mol. The van der Waals surface area contributed by atoms with E-state index in [2.05, 4.69) is 22.4 Å². The zero-order chi connectivity index (χ0) is 15.6. The molecule has 0 aliphatic heterocycles. The number of aromatic nitrogens is 1. The number of unbranched alkanes of at least 4 members (excludes halogenated alkanes) is 2. The Labute approximate surface area is 129 Å². The van der Waals surface area contributed by atoms with E-state index in [1.807, 2.05) is 30.3 Å². The van der Waals surface area contributed by atoms with Crippen LogP contribution in [0.2, 0.25) is 0 Å². The molecule has 0 amide bonds. The molecule has 0 bridgehead atoms. The Morgan fingerprint density at radius 2 is 2.18 bits per heavy atom. The maximum Gasteiger partial charge on any atom is 0.251 e. The van der Waals surface area contributed by atoms with Crippen LogP contribution < -0.4 is 10.2 Å². The second-order valence-corrected chi connectivity index (χ2v) is 4.64. The van der Waals surface area contributed by atoms with Gasteiger partial charge in [0.1, 0.15) is 11.8 Å². The molecule has 1 aromatic carbocycles. The first-order chi connectivity index (χ1) is 10.8. The van der Waals surface area contributed by atoms with Crippen LogP contribution >= 0.6 is 0 Å². The third-order valence-electron chi connectivity index (χ3n) is 2.95. The minimum atomic E-state index is 0.174. The molecule has 0 aliphatic carbocycles. The van der Waals surface area contributed by atoms with E-state index < -0.39 is 0 Å². The van der Waals surface area contributed by atoms with Crippen LogP contribution in [0.25, 0.3) is 0 Å². The van der Waals surface area contributed by atoms with Crippen LogP contribution in [0.5, 0.6) is 5.75 Å². The van der Waals surface area contributed by atoms with Crippen LogP contribution in [0, 0.1) is 11.3 Å². The van der Waals surface area contributed by atoms with E-state index in [0.717, 1.165) is 24.3 Å². The summed E-state index contributed by atoms with van der Waals surface area (Å²) < 4.78 is 10.6. The molecule has 1 heterocycles. The van der Waals surface area contributed by atoms with Crippen LogP contribution in [0.3, 0.4) is 0 Å². The van der Waals surface area contributed by atoms with Gasteiger partial charge in [-0.05, 0) is 36.2 Å². The molecule has 0 saturated heterocycles. The first-order valence-electron chi connectivity index (χ1n) is 7.19. The summed E-state index contributed by atoms with van der Waals surface area (Å²) in [5.41, 5.74) is 3.72. The fraction of sp³-hybridized carbons (Fsp3) is 0.312. The second kappa shape index (κ2) is 8.47. The normalized spacial score (nSPS) is 10.5. The predicted octanol–water partition coefficient (Wildman–Crippen LogP) is 3.56. The number of nitrogens with one attached hydrogen (secondary N) is 1. The summed E-state index contributed by atoms with van der Waals surface area (Å²) in [6.45, 7) is 2.91. The number of anilines is 1. The van der Waals surface area contributed by atoms with Gasteiger partial charge in [0.05, 0.1) is 12.8 Å². The van der Waals surface area contributed by atoms with E-state index >= 15 is 0 Å². The highest BCUT2D eigenvalue weighted by atomic mass is 16.5. The lowest BCUT2D eigenvalue weighted by atomic mass is 10.2. The van der Waals surface area contributed by atoms with Gasteiger partial charge in [-0.25, -0.2) is 10.4 Å². The van der Waals surface area contributed by atoms with Gasteiger partial charge in [0, 0.05) is 0 Å². The molecule has 0 fully saturated rings. The van der Waals surface area contributed by atoms with Crippen LogP contribution in [0.1, 0.15) is 37.4 Å². The molecule has 0 atom stereocenters. The Kier molecular flexibility index (Phi) is 6.00. The third-order valence-corrected chi connectivity index (χ3v) is 2.95. The number of hydrogen-bond acceptors (Lipinski definition) is 6. The van der Waals surface area contributed by atoms with Crippen molar-refractivity contribution in [2.45, 2.75) is 26.2 Å². The largest absolute Gasteiger partial charge is 0.494 e. The van der Waals surface area contributed by atoms with Crippen molar-refractivity contribution in [3.05, 3.63) is 41.9 Å². The van der Waals surface area contributed by atoms with E-state index in [-0.39, 0.29) is 11.6 Å². The van der Waals surface area contributed by atoms with Gasteiger partial charge in [-0.15, -0.1) is 0 Å². The Balaban J connectivity index is 1.83. The Hall–Kier alpha value is -2.81. The summed E-state index contributed by atoms with van der Waals surface area (Å²) in [5.74, 6) is 1.08. The zero-order valence-electron chi connectivity index (χ0n) is 12.5. The topological polar surface area (TPSA) is 83.4 Å². The number of ether oxygens (including phenoxy) is 1. The fourth-order valence-corrected chi connectivity index (χ4v) is 1.76. The molecule has 6 heteroatoms. The molecule has 6 nitrogen and oxygen atoms in total. The van der Waals surface area contributed by atoms with Gasteiger partial charge in [-0.1, -0.05) is 19.8 Å². The van der Waals surface area contributed by atoms with Gasteiger partial charge in [0.2, 0.25) is 5.69 Å². The molecule has 0 radical (unpaired) electrons. The van der Waals surface area contributed by atoms with Gasteiger partial charge in [0.25, 0.3) is 5.88 Å². The lowest BCUT2D eigenvalue weighted by Gasteiger charge is -2.05. The quantitative estimate of drug-likeness (QED) is 0.457. The Bertz CT molecular complexity index is 641. The number of nitriles is 1. The van der Waals surface area contributed by atoms with Crippen LogP contribution in [0.4, 0.5) is 5.88 Å². The van der Waals surface area contributed by atoms with Crippen molar-refractivity contribution in [1.29, 1.82) is 5.26 Å². The van der Waals surface area contributed by atoms with Gasteiger partial charge in [-0.3, -0.25) is 0 Å². The Morgan fingerprint density at radius 1 is 1.36 bits per heavy atom. The number of rotatable bonds is 8. The fourth-order valence-electron chi connectivity index (χ4n) is 1.76. The van der Waals surface area contributed by atoms with E-state index in [0.29, 0.717) is 0 Å². The molecular formula is C16H18N4O2. The maximum absolute atomic E-state index is 8.78. The van der Waals surface area contributed by atoms with Gasteiger partial charge in [0.15, 0.2) is 6.39 Å². The van der Waals surface area contributed by atoms with Crippen molar-refractivity contribution in [2.24, 2.45) is 5.10 Å². The van der Waals surface area contributed by atoms with Crippen LogP contribution in [-0.2, 0) is 0 Å². The van der Waals surface area contributed by atoms with Gasteiger partial charge < -0.3 is 9.15 Å². The minimum absolute atomic E-state index is 0.174. The molecule has 1 aromatic heterocycles. The van der Waals surface area contributed by atoms with Gasteiger partial charge in [-0.2, -0.15) is 10.4 Å². The molecule has 114 valence electrons. The smallest absolute Gasteiger partial charge is 0.251 e. The molecule has 1 N–H and O–H groups in total. The summed E-state index contributed by atoms with van der Waals surface area (Å²) in [4.78, 5) is 3.73. The standard InChI is InChI=1S/C16H18N4O2/c1-2-3-4-9-21-14-7-5-13(6-8-14)11-19-20-16-15(10-17)18-12-22-16/h5-8,11-12,20H,2-4,9H2,1H3. The highest BCUT2D eigenvalue weighted by Gasteiger charge is 2.04. The van der Waals surface area contributed by atoms with E-state index in [1.54, 1.807) is 6.21 Å². The first-order valence-corrected chi connectivity index (χ1v) is 7.19. The number of nitrogens with zero attached hydrogens (tertiary/aromatic N) is 3. The average Bonchev–Trinajstić information content (AvgIpc) is 3.00. The molecule has 2 aromatic rings. The third kappa shape index (κ3) is 4.63. The Morgan fingerprint density at radius 3 is 2.91 bits per heavy atom. The molecule has 0 aliphatic rings. The molecule has 0 saturated carbocycles. The highest BCUT2D eigenvalue weighted by molar-refractivity contribution is 5.80. The molecule has 0 unspecified atom stereocenters. The SMILES string of the molecule is CCCCCOc1ccc(C=NNc2ocnc2C#N)cc1. The summed E-state index contributed by atoms with van der Waals surface area (Å²) in [5, 5.41) is 12.8. The van der Waals surface area contributed by atoms with Gasteiger partial charge >= 0.3 is 0 Å².